The number of aromatic nitrogens is 1. The summed E-state index contributed by atoms with van der Waals surface area (Å²) in [5, 5.41) is 5.95. The third kappa shape index (κ3) is 4.79. The fourth-order valence-electron chi connectivity index (χ4n) is 1.91. The lowest BCUT2D eigenvalue weighted by molar-refractivity contribution is -0.120. The fourth-order valence-corrected chi connectivity index (χ4v) is 2.10. The molecule has 0 spiro atoms. The molecule has 1 aromatic heterocycles. The first-order valence-corrected chi connectivity index (χ1v) is 7.28. The Morgan fingerprint density at radius 1 is 1.41 bits per heavy atom. The van der Waals surface area contributed by atoms with E-state index in [1.807, 2.05) is 19.1 Å². The Balaban J connectivity index is 1.79. The third-order valence-corrected chi connectivity index (χ3v) is 3.51. The second-order valence-corrected chi connectivity index (χ2v) is 5.32. The first-order valence-electron chi connectivity index (χ1n) is 6.90. The number of benzene rings is 1. The number of hydrogen-bond donors (Lipinski definition) is 2. The maximum Gasteiger partial charge on any atom is 0.234 e. The average molecular weight is 322 g/mol. The topological polar surface area (TPSA) is 54.0 Å². The average Bonchev–Trinajstić information content (AvgIpc) is 2.54. The van der Waals surface area contributed by atoms with Crippen molar-refractivity contribution < 1.29 is 9.18 Å². The molecule has 1 aromatic carbocycles. The Labute approximate surface area is 133 Å². The Morgan fingerprint density at radius 3 is 2.91 bits per heavy atom. The lowest BCUT2D eigenvalue weighted by atomic mass is 10.1. The van der Waals surface area contributed by atoms with Gasteiger partial charge in [0.1, 0.15) is 5.82 Å². The van der Waals surface area contributed by atoms with Crippen molar-refractivity contribution in [2.24, 2.45) is 0 Å². The zero-order chi connectivity index (χ0) is 15.9. The van der Waals surface area contributed by atoms with Gasteiger partial charge < -0.3 is 10.6 Å². The Bertz CT molecular complexity index is 637. The molecule has 2 N–H and O–H groups in total. The van der Waals surface area contributed by atoms with Gasteiger partial charge in [-0.3, -0.25) is 9.78 Å². The summed E-state index contributed by atoms with van der Waals surface area (Å²) < 4.78 is 13.1. The minimum absolute atomic E-state index is 0.0761. The molecule has 2 aromatic rings. The molecule has 2 rings (SSSR count). The highest BCUT2D eigenvalue weighted by Gasteiger charge is 2.09. The van der Waals surface area contributed by atoms with E-state index < -0.39 is 5.82 Å². The number of hydrogen-bond acceptors (Lipinski definition) is 3. The number of nitrogens with one attached hydrogen (secondary N) is 2. The Hall–Kier alpha value is -1.98. The zero-order valence-electron chi connectivity index (χ0n) is 12.1. The smallest absolute Gasteiger partial charge is 0.234 e. The van der Waals surface area contributed by atoms with Gasteiger partial charge in [0, 0.05) is 25.0 Å². The monoisotopic (exact) mass is 321 g/mol. The zero-order valence-corrected chi connectivity index (χ0v) is 12.9. The second-order valence-electron chi connectivity index (χ2n) is 4.91. The van der Waals surface area contributed by atoms with Gasteiger partial charge in [-0.05, 0) is 36.2 Å². The molecule has 4 nitrogen and oxygen atoms in total. The van der Waals surface area contributed by atoms with E-state index in [4.69, 9.17) is 11.6 Å². The van der Waals surface area contributed by atoms with Crippen LogP contribution in [0.3, 0.4) is 0 Å². The molecular weight excluding hydrogens is 305 g/mol. The van der Waals surface area contributed by atoms with Gasteiger partial charge in [-0.25, -0.2) is 4.39 Å². The van der Waals surface area contributed by atoms with Gasteiger partial charge in [0.05, 0.1) is 11.6 Å². The first kappa shape index (κ1) is 16.4. The molecule has 0 aliphatic rings. The van der Waals surface area contributed by atoms with Crippen LogP contribution in [0.15, 0.2) is 42.7 Å². The maximum absolute atomic E-state index is 13.1. The van der Waals surface area contributed by atoms with Gasteiger partial charge in [0.2, 0.25) is 5.91 Å². The standard InChI is InChI=1S/C16H17ClFN3O/c1-11(13-4-5-15(18)14(17)7-13)20-10-16(22)21-9-12-3-2-6-19-8-12/h2-8,11,20H,9-10H2,1H3,(H,21,22)/t11-/m0/s1. The van der Waals surface area contributed by atoms with Crippen molar-refractivity contribution in [1.29, 1.82) is 0 Å². The molecule has 1 heterocycles. The number of amides is 1. The third-order valence-electron chi connectivity index (χ3n) is 3.22. The molecule has 0 unspecified atom stereocenters. The SMILES string of the molecule is C[C@H](NCC(=O)NCc1cccnc1)c1ccc(F)c(Cl)c1. The molecule has 0 aliphatic heterocycles. The highest BCUT2D eigenvalue weighted by molar-refractivity contribution is 6.30. The van der Waals surface area contributed by atoms with Crippen molar-refractivity contribution in [2.75, 3.05) is 6.54 Å². The number of rotatable bonds is 6. The van der Waals surface area contributed by atoms with Crippen LogP contribution in [0.4, 0.5) is 4.39 Å². The molecule has 1 amide bonds. The predicted molar refractivity (Wildman–Crippen MR) is 83.9 cm³/mol. The summed E-state index contributed by atoms with van der Waals surface area (Å²) in [4.78, 5) is 15.8. The molecule has 0 bridgehead atoms. The number of carbonyl (C=O) groups excluding carboxylic acids is 1. The van der Waals surface area contributed by atoms with Crippen molar-refractivity contribution in [3.8, 4) is 0 Å². The quantitative estimate of drug-likeness (QED) is 0.860. The molecular formula is C16H17ClFN3O. The van der Waals surface area contributed by atoms with E-state index in [9.17, 15) is 9.18 Å². The molecule has 0 saturated heterocycles. The minimum Gasteiger partial charge on any atom is -0.351 e. The van der Waals surface area contributed by atoms with Gasteiger partial charge in [-0.1, -0.05) is 23.7 Å². The summed E-state index contributed by atoms with van der Waals surface area (Å²) in [7, 11) is 0. The Morgan fingerprint density at radius 2 is 2.23 bits per heavy atom. The predicted octanol–water partition coefficient (Wildman–Crippen LogP) is 2.84. The molecule has 0 saturated carbocycles. The van der Waals surface area contributed by atoms with Crippen LogP contribution in [0, 0.1) is 5.82 Å². The summed E-state index contributed by atoms with van der Waals surface area (Å²) >= 11 is 5.75. The normalized spacial score (nSPS) is 12.0. The van der Waals surface area contributed by atoms with Crippen LogP contribution < -0.4 is 10.6 Å². The number of halogens is 2. The van der Waals surface area contributed by atoms with E-state index in [2.05, 4.69) is 15.6 Å². The Kier molecular flexibility index (Phi) is 5.86. The van der Waals surface area contributed by atoms with Gasteiger partial charge in [0.15, 0.2) is 0 Å². The summed E-state index contributed by atoms with van der Waals surface area (Å²) in [6.07, 6.45) is 3.39. The summed E-state index contributed by atoms with van der Waals surface area (Å²) in [5.74, 6) is -0.573. The van der Waals surface area contributed by atoms with E-state index in [1.165, 1.54) is 6.07 Å². The number of nitrogens with zero attached hydrogens (tertiary/aromatic N) is 1. The van der Waals surface area contributed by atoms with Crippen LogP contribution in [0.2, 0.25) is 5.02 Å². The van der Waals surface area contributed by atoms with Crippen molar-refractivity contribution in [3.05, 3.63) is 64.7 Å². The lowest BCUT2D eigenvalue weighted by Gasteiger charge is -2.14. The van der Waals surface area contributed by atoms with E-state index in [-0.39, 0.29) is 23.5 Å². The van der Waals surface area contributed by atoms with E-state index in [0.29, 0.717) is 6.54 Å². The molecule has 1 atom stereocenters. The van der Waals surface area contributed by atoms with Crippen molar-refractivity contribution in [2.45, 2.75) is 19.5 Å². The molecule has 0 fully saturated rings. The molecule has 6 heteroatoms. The van der Waals surface area contributed by atoms with Gasteiger partial charge in [0.25, 0.3) is 0 Å². The van der Waals surface area contributed by atoms with Gasteiger partial charge in [-0.2, -0.15) is 0 Å². The van der Waals surface area contributed by atoms with E-state index >= 15 is 0 Å². The summed E-state index contributed by atoms with van der Waals surface area (Å²) in [6.45, 7) is 2.49. The van der Waals surface area contributed by atoms with Crippen LogP contribution in [-0.2, 0) is 11.3 Å². The van der Waals surface area contributed by atoms with Crippen LogP contribution in [0.25, 0.3) is 0 Å². The fraction of sp³-hybridized carbons (Fsp3) is 0.250. The first-order chi connectivity index (χ1) is 10.6. The maximum atomic E-state index is 13.1. The largest absolute Gasteiger partial charge is 0.351 e. The van der Waals surface area contributed by atoms with Crippen molar-refractivity contribution >= 4 is 17.5 Å². The van der Waals surface area contributed by atoms with E-state index in [1.54, 1.807) is 24.5 Å². The van der Waals surface area contributed by atoms with Gasteiger partial charge in [-0.15, -0.1) is 0 Å². The van der Waals surface area contributed by atoms with Crippen LogP contribution in [0.1, 0.15) is 24.1 Å². The highest BCUT2D eigenvalue weighted by Crippen LogP contribution is 2.20. The second kappa shape index (κ2) is 7.87. The molecule has 22 heavy (non-hydrogen) atoms. The van der Waals surface area contributed by atoms with Crippen LogP contribution >= 0.6 is 11.6 Å². The number of pyridine rings is 1. The summed E-state index contributed by atoms with van der Waals surface area (Å²) in [5.41, 5.74) is 1.76. The molecule has 0 aliphatic carbocycles. The van der Waals surface area contributed by atoms with Crippen molar-refractivity contribution in [1.82, 2.24) is 15.6 Å². The molecule has 0 radical (unpaired) electrons. The highest BCUT2D eigenvalue weighted by atomic mass is 35.5. The number of carbonyl (C=O) groups is 1. The minimum atomic E-state index is -0.452. The molecule has 116 valence electrons. The van der Waals surface area contributed by atoms with Crippen LogP contribution in [-0.4, -0.2) is 17.4 Å². The van der Waals surface area contributed by atoms with Crippen molar-refractivity contribution in [3.63, 3.8) is 0 Å². The van der Waals surface area contributed by atoms with Gasteiger partial charge >= 0.3 is 0 Å². The summed E-state index contributed by atoms with van der Waals surface area (Å²) in [6, 6.07) is 8.12. The van der Waals surface area contributed by atoms with Crippen LogP contribution in [0.5, 0.6) is 0 Å². The van der Waals surface area contributed by atoms with E-state index in [0.717, 1.165) is 11.1 Å². The lowest BCUT2D eigenvalue weighted by Crippen LogP contribution is -2.34.